The molecule has 0 N–H and O–H groups in total. The van der Waals surface area contributed by atoms with E-state index in [-0.39, 0.29) is 17.1 Å². The van der Waals surface area contributed by atoms with Gasteiger partial charge in [-0.25, -0.2) is 4.98 Å². The molecule has 5 nitrogen and oxygen atoms in total. The highest BCUT2D eigenvalue weighted by Gasteiger charge is 2.30. The minimum atomic E-state index is -3.97. The highest BCUT2D eigenvalue weighted by atomic mass is 35.5. The van der Waals surface area contributed by atoms with Crippen LogP contribution in [0, 0.1) is 25.2 Å². The van der Waals surface area contributed by atoms with Crippen LogP contribution in [0.25, 0.3) is 0 Å². The van der Waals surface area contributed by atoms with E-state index in [1.54, 1.807) is 51.1 Å². The molecule has 0 aliphatic rings. The molecule has 2 aromatic rings. The lowest BCUT2D eigenvalue weighted by Crippen LogP contribution is -2.32. The van der Waals surface area contributed by atoms with Crippen LogP contribution in [0.2, 0.25) is 5.02 Å². The summed E-state index contributed by atoms with van der Waals surface area (Å²) in [5.41, 5.74) is 1.30. The Morgan fingerprint density at radius 2 is 1.87 bits per heavy atom. The van der Waals surface area contributed by atoms with E-state index in [4.69, 9.17) is 11.6 Å². The highest BCUT2D eigenvalue weighted by molar-refractivity contribution is 7.92. The predicted octanol–water partition coefficient (Wildman–Crippen LogP) is 3.44. The number of hydrogen-bond acceptors (Lipinski definition) is 4. The van der Waals surface area contributed by atoms with Crippen LogP contribution < -0.4 is 4.31 Å². The number of nitrogens with zero attached hydrogens (tertiary/aromatic N) is 3. The maximum atomic E-state index is 13.0. The van der Waals surface area contributed by atoms with Crippen LogP contribution in [0.1, 0.15) is 23.7 Å². The van der Waals surface area contributed by atoms with E-state index in [9.17, 15) is 13.7 Å². The largest absolute Gasteiger partial charge is 0.283 e. The van der Waals surface area contributed by atoms with Gasteiger partial charge < -0.3 is 0 Å². The molecule has 0 aliphatic carbocycles. The van der Waals surface area contributed by atoms with Gasteiger partial charge in [-0.2, -0.15) is 13.7 Å². The molecule has 0 saturated carbocycles. The fourth-order valence-corrected chi connectivity index (χ4v) is 4.10. The SMILES string of the molecule is CCN(c1ccccc1)S(=O)(=O)c1nc(C)c(Cl)c(C)c1C#N. The van der Waals surface area contributed by atoms with Crippen LogP contribution in [0.5, 0.6) is 0 Å². The number of nitriles is 1. The van der Waals surface area contributed by atoms with E-state index in [0.29, 0.717) is 22.0 Å². The third-order valence-electron chi connectivity index (χ3n) is 3.48. The molecule has 0 unspecified atom stereocenters. The molecule has 0 atom stereocenters. The number of para-hydroxylation sites is 1. The second kappa shape index (κ2) is 6.57. The van der Waals surface area contributed by atoms with E-state index in [2.05, 4.69) is 4.98 Å². The number of hydrogen-bond donors (Lipinski definition) is 0. The first-order valence-corrected chi connectivity index (χ1v) is 8.81. The van der Waals surface area contributed by atoms with Crippen LogP contribution in [0.3, 0.4) is 0 Å². The van der Waals surface area contributed by atoms with Crippen LogP contribution in [-0.4, -0.2) is 19.9 Å². The number of halogens is 1. The Bertz CT molecular complexity index is 874. The maximum absolute atomic E-state index is 13.0. The third kappa shape index (κ3) is 3.03. The average molecular weight is 350 g/mol. The van der Waals surface area contributed by atoms with Gasteiger partial charge in [0.05, 0.1) is 22.0 Å². The first-order chi connectivity index (χ1) is 10.8. The molecule has 120 valence electrons. The molecule has 1 aromatic carbocycles. The maximum Gasteiger partial charge on any atom is 0.283 e. The Morgan fingerprint density at radius 1 is 1.26 bits per heavy atom. The van der Waals surface area contributed by atoms with Crippen molar-refractivity contribution in [3.05, 3.63) is 52.2 Å². The van der Waals surface area contributed by atoms with Gasteiger partial charge >= 0.3 is 0 Å². The Hall–Kier alpha value is -2.10. The van der Waals surface area contributed by atoms with Crippen molar-refractivity contribution < 1.29 is 8.42 Å². The van der Waals surface area contributed by atoms with E-state index in [0.717, 1.165) is 0 Å². The van der Waals surface area contributed by atoms with E-state index in [1.165, 1.54) is 4.31 Å². The molecule has 0 amide bonds. The normalized spacial score (nSPS) is 11.1. The third-order valence-corrected chi connectivity index (χ3v) is 5.87. The Morgan fingerprint density at radius 3 is 2.39 bits per heavy atom. The van der Waals surface area contributed by atoms with Gasteiger partial charge in [0.1, 0.15) is 6.07 Å². The predicted molar refractivity (Wildman–Crippen MR) is 90.1 cm³/mol. The van der Waals surface area contributed by atoms with Gasteiger partial charge in [0.2, 0.25) is 0 Å². The van der Waals surface area contributed by atoms with Gasteiger partial charge in [0.15, 0.2) is 5.03 Å². The number of aryl methyl sites for hydroxylation is 1. The second-order valence-electron chi connectivity index (χ2n) is 4.93. The molecule has 7 heteroatoms. The summed E-state index contributed by atoms with van der Waals surface area (Å²) in [4.78, 5) is 4.09. The standard InChI is InChI=1S/C16H16ClN3O2S/c1-4-20(13-8-6-5-7-9-13)23(21,22)16-14(10-18)11(2)15(17)12(3)19-16/h5-9H,4H2,1-3H3. The molecule has 23 heavy (non-hydrogen) atoms. The first kappa shape index (κ1) is 17.3. The first-order valence-electron chi connectivity index (χ1n) is 6.99. The smallest absolute Gasteiger partial charge is 0.265 e. The summed E-state index contributed by atoms with van der Waals surface area (Å²) in [7, 11) is -3.97. The molecule has 0 fully saturated rings. The highest BCUT2D eigenvalue weighted by Crippen LogP contribution is 2.30. The van der Waals surface area contributed by atoms with Crippen molar-refractivity contribution >= 4 is 27.3 Å². The zero-order valence-electron chi connectivity index (χ0n) is 13.0. The van der Waals surface area contributed by atoms with Crippen LogP contribution in [0.15, 0.2) is 35.4 Å². The fourth-order valence-electron chi connectivity index (χ4n) is 2.31. The summed E-state index contributed by atoms with van der Waals surface area (Å²) in [6.45, 7) is 5.19. The summed E-state index contributed by atoms with van der Waals surface area (Å²) in [5.74, 6) is 0. The number of sulfonamides is 1. The van der Waals surface area contributed by atoms with Gasteiger partial charge in [-0.1, -0.05) is 29.8 Å². The summed E-state index contributed by atoms with van der Waals surface area (Å²) >= 11 is 6.09. The van der Waals surface area contributed by atoms with Crippen molar-refractivity contribution in [3.63, 3.8) is 0 Å². The molecular formula is C16H16ClN3O2S. The molecule has 2 rings (SSSR count). The molecule has 0 radical (unpaired) electrons. The molecule has 0 aliphatic heterocycles. The molecule has 0 spiro atoms. The van der Waals surface area contributed by atoms with E-state index < -0.39 is 10.0 Å². The Labute approximate surface area is 141 Å². The quantitative estimate of drug-likeness (QED) is 0.847. The van der Waals surface area contributed by atoms with Crippen molar-refractivity contribution in [1.82, 2.24) is 4.98 Å². The molecular weight excluding hydrogens is 334 g/mol. The van der Waals surface area contributed by atoms with Gasteiger partial charge in [-0.3, -0.25) is 4.31 Å². The molecule has 1 heterocycles. The summed E-state index contributed by atoms with van der Waals surface area (Å²) in [6, 6.07) is 10.6. The zero-order valence-corrected chi connectivity index (χ0v) is 14.6. The summed E-state index contributed by atoms with van der Waals surface area (Å²) < 4.78 is 27.3. The van der Waals surface area contributed by atoms with Crippen LogP contribution >= 0.6 is 11.6 Å². The Kier molecular flexibility index (Phi) is 4.93. The molecule has 0 saturated heterocycles. The Balaban J connectivity index is 2.72. The lowest BCUT2D eigenvalue weighted by molar-refractivity contribution is 0.587. The lowest BCUT2D eigenvalue weighted by atomic mass is 10.1. The number of aromatic nitrogens is 1. The topological polar surface area (TPSA) is 74.1 Å². The number of anilines is 1. The number of pyridine rings is 1. The van der Waals surface area contributed by atoms with Gasteiger partial charge in [-0.05, 0) is 38.5 Å². The second-order valence-corrected chi connectivity index (χ2v) is 7.09. The van der Waals surface area contributed by atoms with E-state index >= 15 is 0 Å². The van der Waals surface area contributed by atoms with Crippen molar-refractivity contribution in [1.29, 1.82) is 5.26 Å². The van der Waals surface area contributed by atoms with Gasteiger partial charge in [0, 0.05) is 6.54 Å². The average Bonchev–Trinajstić information content (AvgIpc) is 2.53. The fraction of sp³-hybridized carbons (Fsp3) is 0.250. The number of benzene rings is 1. The minimum absolute atomic E-state index is 0.0185. The van der Waals surface area contributed by atoms with Crippen LogP contribution in [0.4, 0.5) is 5.69 Å². The van der Waals surface area contributed by atoms with Crippen molar-refractivity contribution in [3.8, 4) is 6.07 Å². The lowest BCUT2D eigenvalue weighted by Gasteiger charge is -2.23. The van der Waals surface area contributed by atoms with Crippen LogP contribution in [-0.2, 0) is 10.0 Å². The zero-order chi connectivity index (χ0) is 17.2. The minimum Gasteiger partial charge on any atom is -0.265 e. The summed E-state index contributed by atoms with van der Waals surface area (Å²) in [5, 5.41) is 9.42. The number of rotatable bonds is 4. The van der Waals surface area contributed by atoms with Crippen molar-refractivity contribution in [2.24, 2.45) is 0 Å². The van der Waals surface area contributed by atoms with Gasteiger partial charge in [0.25, 0.3) is 10.0 Å². The monoisotopic (exact) mass is 349 g/mol. The van der Waals surface area contributed by atoms with Crippen molar-refractivity contribution in [2.75, 3.05) is 10.8 Å². The van der Waals surface area contributed by atoms with Gasteiger partial charge in [-0.15, -0.1) is 0 Å². The van der Waals surface area contributed by atoms with Crippen molar-refractivity contribution in [2.45, 2.75) is 25.8 Å². The molecule has 0 bridgehead atoms. The van der Waals surface area contributed by atoms with E-state index in [1.807, 2.05) is 6.07 Å². The molecule has 1 aromatic heterocycles. The summed E-state index contributed by atoms with van der Waals surface area (Å²) in [6.07, 6.45) is 0.